The fraction of sp³-hybridized carbons (Fsp3) is 0.500. The molecule has 6 heteroatoms. The van der Waals surface area contributed by atoms with E-state index in [-0.39, 0.29) is 12.3 Å². The molecule has 2 rings (SSSR count). The summed E-state index contributed by atoms with van der Waals surface area (Å²) in [5.74, 6) is -0.338. The number of likely N-dealkylation sites (tertiary alicyclic amines) is 1. The van der Waals surface area contributed by atoms with E-state index in [0.717, 1.165) is 17.3 Å². The highest BCUT2D eigenvalue weighted by Crippen LogP contribution is 2.23. The van der Waals surface area contributed by atoms with Gasteiger partial charge in [0.2, 0.25) is 0 Å². The summed E-state index contributed by atoms with van der Waals surface area (Å²) in [7, 11) is 0. The Kier molecular flexibility index (Phi) is 5.11. The van der Waals surface area contributed by atoms with Crippen LogP contribution in [0.15, 0.2) is 22.9 Å². The molecule has 2 heterocycles. The Labute approximate surface area is 126 Å². The van der Waals surface area contributed by atoms with E-state index < -0.39 is 5.97 Å². The third-order valence-electron chi connectivity index (χ3n) is 3.62. The summed E-state index contributed by atoms with van der Waals surface area (Å²) in [6, 6.07) is 1.77. The Morgan fingerprint density at radius 3 is 2.65 bits per heavy atom. The lowest BCUT2D eigenvalue weighted by atomic mass is 9.92. The summed E-state index contributed by atoms with van der Waals surface area (Å²) >= 11 is 3.31. The summed E-state index contributed by atoms with van der Waals surface area (Å²) < 4.78 is 0.791. The Morgan fingerprint density at radius 1 is 1.35 bits per heavy atom. The Morgan fingerprint density at radius 2 is 2.05 bits per heavy atom. The van der Waals surface area contributed by atoms with Gasteiger partial charge >= 0.3 is 5.97 Å². The summed E-state index contributed by atoms with van der Waals surface area (Å²) in [6.45, 7) is 1.38. The smallest absolute Gasteiger partial charge is 0.303 e. The highest BCUT2D eigenvalue weighted by Gasteiger charge is 2.24. The Balaban J connectivity index is 1.87. The lowest BCUT2D eigenvalue weighted by molar-refractivity contribution is -0.137. The molecule has 0 bridgehead atoms. The molecule has 1 aromatic rings. The van der Waals surface area contributed by atoms with Crippen LogP contribution in [-0.4, -0.2) is 40.0 Å². The first kappa shape index (κ1) is 15.0. The maximum Gasteiger partial charge on any atom is 0.303 e. The highest BCUT2D eigenvalue weighted by atomic mass is 79.9. The predicted molar refractivity (Wildman–Crippen MR) is 77.4 cm³/mol. The van der Waals surface area contributed by atoms with Gasteiger partial charge in [0.05, 0.1) is 5.56 Å². The van der Waals surface area contributed by atoms with Gasteiger partial charge in [-0.2, -0.15) is 0 Å². The van der Waals surface area contributed by atoms with E-state index in [1.165, 1.54) is 0 Å². The zero-order valence-corrected chi connectivity index (χ0v) is 12.7. The molecule has 20 heavy (non-hydrogen) atoms. The first-order valence-electron chi connectivity index (χ1n) is 6.68. The van der Waals surface area contributed by atoms with Crippen molar-refractivity contribution in [2.24, 2.45) is 5.92 Å². The van der Waals surface area contributed by atoms with Gasteiger partial charge in [-0.05, 0) is 47.2 Å². The molecule has 0 saturated carbocycles. The maximum atomic E-state index is 12.3. The Bertz CT molecular complexity index is 499. The molecule has 108 valence electrons. The van der Waals surface area contributed by atoms with Gasteiger partial charge < -0.3 is 10.0 Å². The van der Waals surface area contributed by atoms with Crippen molar-refractivity contribution in [2.75, 3.05) is 13.1 Å². The molecular formula is C14H17BrN2O3. The normalized spacial score (nSPS) is 16.1. The summed E-state index contributed by atoms with van der Waals surface area (Å²) in [6.07, 6.45) is 5.89. The van der Waals surface area contributed by atoms with Gasteiger partial charge in [-0.25, -0.2) is 0 Å². The second-order valence-corrected chi connectivity index (χ2v) is 5.98. The molecule has 1 aromatic heterocycles. The van der Waals surface area contributed by atoms with Crippen LogP contribution in [0.1, 0.15) is 36.0 Å². The van der Waals surface area contributed by atoms with Gasteiger partial charge in [-0.3, -0.25) is 14.6 Å². The molecule has 1 fully saturated rings. The second-order valence-electron chi connectivity index (χ2n) is 5.06. The minimum absolute atomic E-state index is 0.00418. The first-order chi connectivity index (χ1) is 9.56. The van der Waals surface area contributed by atoms with Crippen LogP contribution in [0.3, 0.4) is 0 Å². The predicted octanol–water partition coefficient (Wildman–Crippen LogP) is 2.56. The maximum absolute atomic E-state index is 12.3. The van der Waals surface area contributed by atoms with Gasteiger partial charge in [0.1, 0.15) is 0 Å². The molecule has 0 aliphatic carbocycles. The third-order valence-corrected chi connectivity index (χ3v) is 4.05. The second kappa shape index (κ2) is 6.83. The van der Waals surface area contributed by atoms with Gasteiger partial charge in [0.25, 0.3) is 5.91 Å². The number of amides is 1. The van der Waals surface area contributed by atoms with E-state index >= 15 is 0 Å². The summed E-state index contributed by atoms with van der Waals surface area (Å²) in [5.41, 5.74) is 0.586. The quantitative estimate of drug-likeness (QED) is 0.914. The molecule has 1 N–H and O–H groups in total. The van der Waals surface area contributed by atoms with E-state index in [4.69, 9.17) is 5.11 Å². The molecule has 0 atom stereocenters. The topological polar surface area (TPSA) is 70.5 Å². The number of aromatic nitrogens is 1. The third kappa shape index (κ3) is 4.03. The average molecular weight is 341 g/mol. The average Bonchev–Trinajstić information content (AvgIpc) is 2.45. The number of hydrogen-bond donors (Lipinski definition) is 1. The number of nitrogens with zero attached hydrogens (tertiary/aromatic N) is 2. The molecule has 0 unspecified atom stereocenters. The van der Waals surface area contributed by atoms with Crippen LogP contribution in [0.2, 0.25) is 0 Å². The number of halogens is 1. The molecule has 1 amide bonds. The first-order valence-corrected chi connectivity index (χ1v) is 7.47. The van der Waals surface area contributed by atoms with Crippen LogP contribution >= 0.6 is 15.9 Å². The van der Waals surface area contributed by atoms with Crippen molar-refractivity contribution in [1.82, 2.24) is 9.88 Å². The van der Waals surface area contributed by atoms with Crippen LogP contribution in [0.25, 0.3) is 0 Å². The fourth-order valence-electron chi connectivity index (χ4n) is 2.46. The van der Waals surface area contributed by atoms with Crippen molar-refractivity contribution in [3.8, 4) is 0 Å². The molecule has 1 aliphatic heterocycles. The molecule has 5 nitrogen and oxygen atoms in total. The number of carboxylic acid groups (broad SMARTS) is 1. The molecule has 1 aliphatic rings. The zero-order chi connectivity index (χ0) is 14.5. The molecule has 0 aromatic carbocycles. The number of carbonyl (C=O) groups excluding carboxylic acids is 1. The van der Waals surface area contributed by atoms with Crippen molar-refractivity contribution in [3.05, 3.63) is 28.5 Å². The van der Waals surface area contributed by atoms with E-state index in [0.29, 0.717) is 31.0 Å². The minimum Gasteiger partial charge on any atom is -0.481 e. The van der Waals surface area contributed by atoms with E-state index in [1.807, 2.05) is 4.90 Å². The monoisotopic (exact) mass is 340 g/mol. The minimum atomic E-state index is -0.747. The van der Waals surface area contributed by atoms with E-state index in [9.17, 15) is 9.59 Å². The van der Waals surface area contributed by atoms with Crippen molar-refractivity contribution in [1.29, 1.82) is 0 Å². The standard InChI is InChI=1S/C14H17BrN2O3/c15-12-7-11(8-16-9-12)14(20)17-5-3-10(4-6-17)1-2-13(18)19/h7-10H,1-6H2,(H,18,19). The number of rotatable bonds is 4. The SMILES string of the molecule is O=C(O)CCC1CCN(C(=O)c2cncc(Br)c2)CC1. The molecular weight excluding hydrogens is 324 g/mol. The molecule has 0 radical (unpaired) electrons. The fourth-order valence-corrected chi connectivity index (χ4v) is 2.83. The van der Waals surface area contributed by atoms with E-state index in [1.54, 1.807) is 18.5 Å². The van der Waals surface area contributed by atoms with Crippen molar-refractivity contribution in [3.63, 3.8) is 0 Å². The van der Waals surface area contributed by atoms with Gasteiger partial charge in [0, 0.05) is 36.4 Å². The van der Waals surface area contributed by atoms with Crippen LogP contribution in [0.5, 0.6) is 0 Å². The van der Waals surface area contributed by atoms with Crippen LogP contribution in [0.4, 0.5) is 0 Å². The Hall–Kier alpha value is -1.43. The van der Waals surface area contributed by atoms with Crippen molar-refractivity contribution < 1.29 is 14.7 Å². The van der Waals surface area contributed by atoms with E-state index in [2.05, 4.69) is 20.9 Å². The number of carbonyl (C=O) groups is 2. The molecule has 0 spiro atoms. The lowest BCUT2D eigenvalue weighted by Gasteiger charge is -2.31. The highest BCUT2D eigenvalue weighted by molar-refractivity contribution is 9.10. The number of pyridine rings is 1. The molecule has 1 saturated heterocycles. The number of aliphatic carboxylic acids is 1. The van der Waals surface area contributed by atoms with Crippen molar-refractivity contribution in [2.45, 2.75) is 25.7 Å². The summed E-state index contributed by atoms with van der Waals surface area (Å²) in [4.78, 5) is 28.7. The number of hydrogen-bond acceptors (Lipinski definition) is 3. The summed E-state index contributed by atoms with van der Waals surface area (Å²) in [5, 5.41) is 8.68. The number of carboxylic acids is 1. The van der Waals surface area contributed by atoms with Crippen LogP contribution in [0, 0.1) is 5.92 Å². The van der Waals surface area contributed by atoms with Crippen molar-refractivity contribution >= 4 is 27.8 Å². The largest absolute Gasteiger partial charge is 0.481 e. The number of piperidine rings is 1. The van der Waals surface area contributed by atoms with Gasteiger partial charge in [0.15, 0.2) is 0 Å². The van der Waals surface area contributed by atoms with Crippen LogP contribution in [-0.2, 0) is 4.79 Å². The zero-order valence-electron chi connectivity index (χ0n) is 11.1. The lowest BCUT2D eigenvalue weighted by Crippen LogP contribution is -2.38. The van der Waals surface area contributed by atoms with Crippen LogP contribution < -0.4 is 0 Å². The van der Waals surface area contributed by atoms with Gasteiger partial charge in [-0.15, -0.1) is 0 Å². The van der Waals surface area contributed by atoms with Gasteiger partial charge in [-0.1, -0.05) is 0 Å².